The predicted octanol–water partition coefficient (Wildman–Crippen LogP) is 0.685. The smallest absolute Gasteiger partial charge is 0.0665 e. The van der Waals surface area contributed by atoms with Crippen LogP contribution in [-0.2, 0) is 0 Å². The number of aliphatic hydroxyl groups is 1. The number of aliphatic hydroxyl groups excluding tert-OH is 1. The Bertz CT molecular complexity index is 115. The van der Waals surface area contributed by atoms with E-state index in [1.165, 1.54) is 19.3 Å². The number of rotatable bonds is 0. The highest BCUT2D eigenvalue weighted by molar-refractivity contribution is 5.85. The van der Waals surface area contributed by atoms with Gasteiger partial charge in [-0.15, -0.1) is 12.4 Å². The van der Waals surface area contributed by atoms with Crippen molar-refractivity contribution in [2.24, 2.45) is 0 Å². The molecule has 1 atom stereocenters. The molecule has 0 bridgehead atoms. The molecule has 2 fully saturated rings. The maximum atomic E-state index is 9.11. The number of hydrogen-bond donors (Lipinski definition) is 2. The Hall–Kier alpha value is 0.210. The largest absolute Gasteiger partial charge is 0.392 e. The molecule has 2 N–H and O–H groups in total. The van der Waals surface area contributed by atoms with Crippen LogP contribution in [0.5, 0.6) is 0 Å². The van der Waals surface area contributed by atoms with Crippen molar-refractivity contribution in [1.82, 2.24) is 5.32 Å². The third-order valence-corrected chi connectivity index (χ3v) is 2.52. The molecule has 10 heavy (non-hydrogen) atoms. The highest BCUT2D eigenvalue weighted by Gasteiger charge is 2.44. The molecular weight excluding hydrogens is 150 g/mol. The molecule has 0 aromatic carbocycles. The van der Waals surface area contributed by atoms with Gasteiger partial charge in [-0.1, -0.05) is 0 Å². The molecule has 0 amide bonds. The van der Waals surface area contributed by atoms with E-state index in [4.69, 9.17) is 5.11 Å². The van der Waals surface area contributed by atoms with Crippen LogP contribution in [0.25, 0.3) is 0 Å². The molecule has 2 rings (SSSR count). The quantitative estimate of drug-likeness (QED) is 0.551. The van der Waals surface area contributed by atoms with Crippen LogP contribution < -0.4 is 5.32 Å². The lowest BCUT2D eigenvalue weighted by molar-refractivity contribution is 0.121. The SMILES string of the molecule is Cl.O[C@@H]1CCC2(CC2)NC1. The molecule has 1 saturated carbocycles. The van der Waals surface area contributed by atoms with Crippen molar-refractivity contribution in [2.45, 2.75) is 37.3 Å². The zero-order chi connectivity index (χ0) is 6.32. The summed E-state index contributed by atoms with van der Waals surface area (Å²) in [6.07, 6.45) is 4.79. The second kappa shape index (κ2) is 2.68. The van der Waals surface area contributed by atoms with Gasteiger partial charge in [0.2, 0.25) is 0 Å². The average Bonchev–Trinajstić information content (AvgIpc) is 2.60. The first-order chi connectivity index (χ1) is 4.31. The van der Waals surface area contributed by atoms with Gasteiger partial charge < -0.3 is 10.4 Å². The summed E-state index contributed by atoms with van der Waals surface area (Å²) in [5.41, 5.74) is 0.499. The van der Waals surface area contributed by atoms with E-state index >= 15 is 0 Å². The number of piperidine rings is 1. The Balaban J connectivity index is 0.000000500. The second-order valence-corrected chi connectivity index (χ2v) is 3.35. The van der Waals surface area contributed by atoms with E-state index in [0.29, 0.717) is 5.54 Å². The van der Waals surface area contributed by atoms with Gasteiger partial charge in [-0.3, -0.25) is 0 Å². The Morgan fingerprint density at radius 3 is 2.40 bits per heavy atom. The lowest BCUT2D eigenvalue weighted by atomic mass is 10.0. The highest BCUT2D eigenvalue weighted by atomic mass is 35.5. The van der Waals surface area contributed by atoms with Gasteiger partial charge in [-0.2, -0.15) is 0 Å². The molecule has 0 aromatic rings. The van der Waals surface area contributed by atoms with Crippen molar-refractivity contribution in [2.75, 3.05) is 6.54 Å². The Labute approximate surface area is 67.4 Å². The van der Waals surface area contributed by atoms with Gasteiger partial charge in [-0.05, 0) is 25.7 Å². The maximum absolute atomic E-state index is 9.11. The van der Waals surface area contributed by atoms with Crippen LogP contribution in [0.3, 0.4) is 0 Å². The van der Waals surface area contributed by atoms with Crippen molar-refractivity contribution >= 4 is 12.4 Å². The van der Waals surface area contributed by atoms with Crippen LogP contribution in [0, 0.1) is 0 Å². The monoisotopic (exact) mass is 163 g/mol. The molecule has 2 aliphatic rings. The van der Waals surface area contributed by atoms with Crippen LogP contribution in [0.1, 0.15) is 25.7 Å². The molecule has 1 spiro atoms. The number of halogens is 1. The lowest BCUT2D eigenvalue weighted by Crippen LogP contribution is -2.43. The summed E-state index contributed by atoms with van der Waals surface area (Å²) in [5, 5.41) is 12.5. The molecule has 1 aliphatic carbocycles. The second-order valence-electron chi connectivity index (χ2n) is 3.35. The van der Waals surface area contributed by atoms with Gasteiger partial charge in [0.15, 0.2) is 0 Å². The van der Waals surface area contributed by atoms with Crippen molar-refractivity contribution in [1.29, 1.82) is 0 Å². The normalized spacial score (nSPS) is 35.1. The van der Waals surface area contributed by atoms with Crippen molar-refractivity contribution in [3.05, 3.63) is 0 Å². The van der Waals surface area contributed by atoms with Crippen molar-refractivity contribution < 1.29 is 5.11 Å². The van der Waals surface area contributed by atoms with E-state index in [2.05, 4.69) is 5.32 Å². The molecule has 1 heterocycles. The molecule has 0 unspecified atom stereocenters. The zero-order valence-corrected chi connectivity index (χ0v) is 6.78. The number of hydrogen-bond acceptors (Lipinski definition) is 2. The topological polar surface area (TPSA) is 32.3 Å². The minimum absolute atomic E-state index is 0. The standard InChI is InChI=1S/C7H13NO.ClH/c9-6-1-2-7(3-4-7)8-5-6;/h6,8-9H,1-5H2;1H/t6-;/m1./s1. The Morgan fingerprint density at radius 2 is 2.00 bits per heavy atom. The molecule has 0 aromatic heterocycles. The van der Waals surface area contributed by atoms with Crippen LogP contribution in [-0.4, -0.2) is 23.3 Å². The predicted molar refractivity (Wildman–Crippen MR) is 42.5 cm³/mol. The minimum Gasteiger partial charge on any atom is -0.392 e. The highest BCUT2D eigenvalue weighted by Crippen LogP contribution is 2.41. The molecular formula is C7H14ClNO. The fourth-order valence-electron chi connectivity index (χ4n) is 1.55. The van der Waals surface area contributed by atoms with Gasteiger partial charge in [0, 0.05) is 12.1 Å². The molecule has 0 radical (unpaired) electrons. The Morgan fingerprint density at radius 1 is 1.30 bits per heavy atom. The van der Waals surface area contributed by atoms with Crippen LogP contribution in [0.4, 0.5) is 0 Å². The van der Waals surface area contributed by atoms with E-state index < -0.39 is 0 Å². The molecule has 1 saturated heterocycles. The lowest BCUT2D eigenvalue weighted by Gasteiger charge is -2.26. The minimum atomic E-state index is -0.0729. The average molecular weight is 164 g/mol. The third-order valence-electron chi connectivity index (χ3n) is 2.52. The summed E-state index contributed by atoms with van der Waals surface area (Å²) in [4.78, 5) is 0. The summed E-state index contributed by atoms with van der Waals surface area (Å²) in [7, 11) is 0. The van der Waals surface area contributed by atoms with Gasteiger partial charge >= 0.3 is 0 Å². The van der Waals surface area contributed by atoms with E-state index in [1.54, 1.807) is 0 Å². The molecule has 60 valence electrons. The van der Waals surface area contributed by atoms with Gasteiger partial charge in [-0.25, -0.2) is 0 Å². The van der Waals surface area contributed by atoms with E-state index in [0.717, 1.165) is 13.0 Å². The number of nitrogens with one attached hydrogen (secondary N) is 1. The van der Waals surface area contributed by atoms with Gasteiger partial charge in [0.25, 0.3) is 0 Å². The molecule has 2 nitrogen and oxygen atoms in total. The Kier molecular flexibility index (Phi) is 2.23. The summed E-state index contributed by atoms with van der Waals surface area (Å²) in [6.45, 7) is 0.819. The van der Waals surface area contributed by atoms with E-state index in [1.807, 2.05) is 0 Å². The first kappa shape index (κ1) is 8.31. The van der Waals surface area contributed by atoms with Crippen molar-refractivity contribution in [3.63, 3.8) is 0 Å². The maximum Gasteiger partial charge on any atom is 0.0665 e. The van der Waals surface area contributed by atoms with E-state index in [9.17, 15) is 0 Å². The molecule has 3 heteroatoms. The van der Waals surface area contributed by atoms with Crippen molar-refractivity contribution in [3.8, 4) is 0 Å². The van der Waals surface area contributed by atoms with Gasteiger partial charge in [0.1, 0.15) is 0 Å². The number of β-amino-alcohol motifs (C(OH)–C–C–N with tert-alkyl or cyclic N) is 1. The first-order valence-corrected chi connectivity index (χ1v) is 3.74. The first-order valence-electron chi connectivity index (χ1n) is 3.74. The summed E-state index contributed by atoms with van der Waals surface area (Å²) < 4.78 is 0. The summed E-state index contributed by atoms with van der Waals surface area (Å²) in [6, 6.07) is 0. The molecule has 1 aliphatic heterocycles. The van der Waals surface area contributed by atoms with Crippen LogP contribution in [0.2, 0.25) is 0 Å². The fourth-order valence-corrected chi connectivity index (χ4v) is 1.55. The zero-order valence-electron chi connectivity index (χ0n) is 5.97. The fraction of sp³-hybridized carbons (Fsp3) is 1.00. The third kappa shape index (κ3) is 1.44. The van der Waals surface area contributed by atoms with Crippen LogP contribution >= 0.6 is 12.4 Å². The van der Waals surface area contributed by atoms with Gasteiger partial charge in [0.05, 0.1) is 6.10 Å². The summed E-state index contributed by atoms with van der Waals surface area (Å²) >= 11 is 0. The summed E-state index contributed by atoms with van der Waals surface area (Å²) in [5.74, 6) is 0. The van der Waals surface area contributed by atoms with Crippen LogP contribution in [0.15, 0.2) is 0 Å². The van der Waals surface area contributed by atoms with E-state index in [-0.39, 0.29) is 18.5 Å².